The molecule has 0 amide bonds. The van der Waals surface area contributed by atoms with E-state index in [2.05, 4.69) is 87.5 Å². The summed E-state index contributed by atoms with van der Waals surface area (Å²) in [5.74, 6) is 0.948. The van der Waals surface area contributed by atoms with Crippen molar-refractivity contribution in [3.8, 4) is 5.75 Å². The van der Waals surface area contributed by atoms with Gasteiger partial charge < -0.3 is 4.74 Å². The van der Waals surface area contributed by atoms with Crippen LogP contribution in [0.25, 0.3) is 0 Å². The first-order chi connectivity index (χ1) is 13.0. The van der Waals surface area contributed by atoms with E-state index in [0.29, 0.717) is 0 Å². The molecule has 2 heteroatoms. The summed E-state index contributed by atoms with van der Waals surface area (Å²) in [6, 6.07) is 25.6. The summed E-state index contributed by atoms with van der Waals surface area (Å²) in [6.07, 6.45) is -0.165. The van der Waals surface area contributed by atoms with E-state index in [1.807, 2.05) is 6.07 Å². The van der Waals surface area contributed by atoms with Gasteiger partial charge in [0, 0.05) is 11.1 Å². The highest BCUT2D eigenvalue weighted by Crippen LogP contribution is 2.48. The van der Waals surface area contributed by atoms with Crippen LogP contribution in [0.4, 0.5) is 0 Å². The first-order valence-corrected chi connectivity index (χ1v) is 9.55. The third-order valence-corrected chi connectivity index (χ3v) is 5.57. The van der Waals surface area contributed by atoms with Crippen LogP contribution < -0.4 is 4.74 Å². The van der Waals surface area contributed by atoms with E-state index in [-0.39, 0.29) is 17.6 Å². The lowest BCUT2D eigenvalue weighted by molar-refractivity contribution is 0.275. The molecule has 0 aromatic heterocycles. The minimum absolute atomic E-state index is 0.0209. The van der Waals surface area contributed by atoms with Gasteiger partial charge in [0.15, 0.2) is 6.10 Å². The highest BCUT2D eigenvalue weighted by molar-refractivity contribution is 6.06. The van der Waals surface area contributed by atoms with Gasteiger partial charge in [0.25, 0.3) is 0 Å². The molecule has 2 bridgehead atoms. The van der Waals surface area contributed by atoms with Gasteiger partial charge >= 0.3 is 0 Å². The first kappa shape index (κ1) is 16.3. The minimum Gasteiger partial charge on any atom is -0.479 e. The van der Waals surface area contributed by atoms with Crippen molar-refractivity contribution in [2.45, 2.75) is 38.3 Å². The van der Waals surface area contributed by atoms with Crippen LogP contribution in [0.5, 0.6) is 5.75 Å². The lowest BCUT2D eigenvalue weighted by Crippen LogP contribution is -2.23. The topological polar surface area (TPSA) is 21.6 Å². The third kappa shape index (κ3) is 2.59. The van der Waals surface area contributed by atoms with Gasteiger partial charge in [-0.3, -0.25) is 4.99 Å². The SMILES string of the molecule is CC(C)(C)c1ccc2c(c1)C1N=C(c3ccccc3)C(O2)c2ccccc21. The van der Waals surface area contributed by atoms with Crippen molar-refractivity contribution in [1.82, 2.24) is 0 Å². The molecule has 2 unspecified atom stereocenters. The maximum Gasteiger partial charge on any atom is 0.166 e. The highest BCUT2D eigenvalue weighted by Gasteiger charge is 2.38. The Balaban J connectivity index is 1.75. The average molecular weight is 353 g/mol. The van der Waals surface area contributed by atoms with Gasteiger partial charge in [-0.05, 0) is 34.2 Å². The van der Waals surface area contributed by atoms with E-state index in [1.54, 1.807) is 0 Å². The van der Waals surface area contributed by atoms with Crippen molar-refractivity contribution in [3.05, 3.63) is 101 Å². The van der Waals surface area contributed by atoms with Crippen LogP contribution in [0.3, 0.4) is 0 Å². The van der Waals surface area contributed by atoms with Crippen LogP contribution in [0.1, 0.15) is 60.7 Å². The standard InChI is InChI=1S/C25H23NO/c1-25(2,3)17-13-14-21-20(15-17)23-18-11-7-8-12-19(18)24(27-21)22(26-23)16-9-5-4-6-10-16/h4-15,23-24H,1-3H3. The Morgan fingerprint density at radius 2 is 1.48 bits per heavy atom. The van der Waals surface area contributed by atoms with Crippen LogP contribution in [-0.2, 0) is 5.41 Å². The molecule has 3 aromatic rings. The van der Waals surface area contributed by atoms with E-state index >= 15 is 0 Å². The van der Waals surface area contributed by atoms with E-state index < -0.39 is 0 Å². The Hall–Kier alpha value is -2.87. The largest absolute Gasteiger partial charge is 0.479 e. The van der Waals surface area contributed by atoms with Gasteiger partial charge in [0.2, 0.25) is 0 Å². The summed E-state index contributed by atoms with van der Waals surface area (Å²) in [4.78, 5) is 5.21. The van der Waals surface area contributed by atoms with Crippen molar-refractivity contribution in [2.24, 2.45) is 4.99 Å². The predicted molar refractivity (Wildman–Crippen MR) is 110 cm³/mol. The van der Waals surface area contributed by atoms with Gasteiger partial charge in [-0.25, -0.2) is 0 Å². The molecule has 6 rings (SSSR count). The lowest BCUT2D eigenvalue weighted by atomic mass is 9.83. The molecule has 3 aromatic carbocycles. The Morgan fingerprint density at radius 3 is 2.22 bits per heavy atom. The first-order valence-electron chi connectivity index (χ1n) is 9.55. The van der Waals surface area contributed by atoms with E-state index in [0.717, 1.165) is 17.0 Å². The third-order valence-electron chi connectivity index (χ3n) is 5.57. The molecule has 0 saturated heterocycles. The van der Waals surface area contributed by atoms with Gasteiger partial charge in [0.05, 0.1) is 5.71 Å². The highest BCUT2D eigenvalue weighted by atomic mass is 16.5. The molecular formula is C25H23NO. The average Bonchev–Trinajstić information content (AvgIpc) is 2.93. The smallest absolute Gasteiger partial charge is 0.166 e. The zero-order chi connectivity index (χ0) is 18.6. The molecule has 0 N–H and O–H groups in total. The fourth-order valence-corrected chi connectivity index (χ4v) is 4.08. The molecule has 3 aliphatic heterocycles. The second kappa shape index (κ2) is 5.82. The molecule has 2 nitrogen and oxygen atoms in total. The van der Waals surface area contributed by atoms with Gasteiger partial charge in [-0.15, -0.1) is 0 Å². The summed E-state index contributed by atoms with van der Waals surface area (Å²) in [7, 11) is 0. The summed E-state index contributed by atoms with van der Waals surface area (Å²) < 4.78 is 6.58. The molecule has 0 spiro atoms. The molecule has 0 aliphatic carbocycles. The van der Waals surface area contributed by atoms with Crippen molar-refractivity contribution < 1.29 is 4.74 Å². The van der Waals surface area contributed by atoms with Crippen molar-refractivity contribution in [3.63, 3.8) is 0 Å². The molecule has 27 heavy (non-hydrogen) atoms. The monoisotopic (exact) mass is 353 g/mol. The van der Waals surface area contributed by atoms with Crippen LogP contribution in [0, 0.1) is 0 Å². The number of hydrogen-bond donors (Lipinski definition) is 0. The van der Waals surface area contributed by atoms with E-state index in [1.165, 1.54) is 22.3 Å². The molecule has 3 heterocycles. The fourth-order valence-electron chi connectivity index (χ4n) is 4.08. The zero-order valence-corrected chi connectivity index (χ0v) is 15.9. The number of hydrogen-bond acceptors (Lipinski definition) is 2. The van der Waals surface area contributed by atoms with Crippen molar-refractivity contribution in [2.75, 3.05) is 0 Å². The maximum atomic E-state index is 6.58. The lowest BCUT2D eigenvalue weighted by Gasteiger charge is -2.26. The van der Waals surface area contributed by atoms with Crippen LogP contribution in [0.2, 0.25) is 0 Å². The Kier molecular flexibility index (Phi) is 3.51. The molecular weight excluding hydrogens is 330 g/mol. The Morgan fingerprint density at radius 1 is 0.778 bits per heavy atom. The Labute approximate surface area is 160 Å². The summed E-state index contributed by atoms with van der Waals surface area (Å²) in [5, 5.41) is 0. The van der Waals surface area contributed by atoms with Crippen molar-refractivity contribution in [1.29, 1.82) is 0 Å². The molecule has 0 fully saturated rings. The maximum absolute atomic E-state index is 6.58. The number of benzene rings is 3. The molecule has 0 saturated carbocycles. The number of rotatable bonds is 1. The molecule has 0 radical (unpaired) electrons. The normalized spacial score (nSPS) is 20.2. The summed E-state index contributed by atoms with van der Waals surface area (Å²) in [5.41, 5.74) is 7.20. The summed E-state index contributed by atoms with van der Waals surface area (Å²) >= 11 is 0. The number of nitrogens with zero attached hydrogens (tertiary/aromatic N) is 1. The number of ether oxygens (including phenoxy) is 1. The van der Waals surface area contributed by atoms with Crippen molar-refractivity contribution >= 4 is 5.71 Å². The van der Waals surface area contributed by atoms with Gasteiger partial charge in [-0.1, -0.05) is 81.4 Å². The Bertz CT molecular complexity index is 1040. The predicted octanol–water partition coefficient (Wildman–Crippen LogP) is 6.01. The molecule has 3 aliphatic rings. The molecule has 134 valence electrons. The quantitative estimate of drug-likeness (QED) is 0.525. The van der Waals surface area contributed by atoms with Crippen LogP contribution in [-0.4, -0.2) is 5.71 Å². The minimum atomic E-state index is -0.165. The second-order valence-corrected chi connectivity index (χ2v) is 8.41. The van der Waals surface area contributed by atoms with E-state index in [9.17, 15) is 0 Å². The fraction of sp³-hybridized carbons (Fsp3) is 0.240. The van der Waals surface area contributed by atoms with Crippen LogP contribution >= 0.6 is 0 Å². The van der Waals surface area contributed by atoms with E-state index in [4.69, 9.17) is 9.73 Å². The summed E-state index contributed by atoms with van der Waals surface area (Å²) in [6.45, 7) is 6.74. The zero-order valence-electron chi connectivity index (χ0n) is 15.9. The molecule has 2 atom stereocenters. The van der Waals surface area contributed by atoms with Crippen LogP contribution in [0.15, 0.2) is 77.8 Å². The van der Waals surface area contributed by atoms with Gasteiger partial charge in [0.1, 0.15) is 11.8 Å². The van der Waals surface area contributed by atoms with Gasteiger partial charge in [-0.2, -0.15) is 0 Å². The second-order valence-electron chi connectivity index (χ2n) is 8.41. The number of aliphatic imine (C=N–C) groups is 1.